The molecule has 0 aliphatic carbocycles. The lowest BCUT2D eigenvalue weighted by Gasteiger charge is -2.26. The first-order chi connectivity index (χ1) is 12.0. The molecule has 2 atom stereocenters. The molecule has 0 saturated carbocycles. The van der Waals surface area contributed by atoms with E-state index >= 15 is 0 Å². The third-order valence-corrected chi connectivity index (χ3v) is 3.59. The van der Waals surface area contributed by atoms with E-state index in [2.05, 4.69) is 14.8 Å². The normalized spacial score (nSPS) is 14.4. The van der Waals surface area contributed by atoms with Crippen LogP contribution >= 0.6 is 0 Å². The number of aliphatic hydroxyl groups is 1. The quantitative estimate of drug-likeness (QED) is 0.643. The van der Waals surface area contributed by atoms with Gasteiger partial charge in [0.05, 0.1) is 25.2 Å². The summed E-state index contributed by atoms with van der Waals surface area (Å²) in [5, 5.41) is 12.5. The minimum absolute atomic E-state index is 0.177. The molecule has 1 rings (SSSR count). The van der Waals surface area contributed by atoms with Gasteiger partial charge in [-0.05, 0) is 23.1 Å². The maximum Gasteiger partial charge on any atom is 0.387 e. The molecule has 9 heteroatoms. The standard InChI is InChI=1S/C17H23F4NO4/c1-17(2,3)13(23)8-14(24)22-12(9-25-15(18)19)10-5-4-6-11(7-10)26-16(20)21/h4-7,12-13,15-16,23H,8-9H2,1-3H3,(H,22,24)/t12-,13-/m0/s1. The van der Waals surface area contributed by atoms with Crippen LogP contribution in [0.4, 0.5) is 17.6 Å². The van der Waals surface area contributed by atoms with Gasteiger partial charge in [0.25, 0.3) is 0 Å². The molecule has 0 fully saturated rings. The second-order valence-corrected chi connectivity index (χ2v) is 6.75. The Labute approximate surface area is 149 Å². The summed E-state index contributed by atoms with van der Waals surface area (Å²) in [5.74, 6) is -0.765. The van der Waals surface area contributed by atoms with E-state index in [1.165, 1.54) is 24.3 Å². The third kappa shape index (κ3) is 8.01. The van der Waals surface area contributed by atoms with Gasteiger partial charge in [-0.1, -0.05) is 32.9 Å². The van der Waals surface area contributed by atoms with E-state index in [-0.39, 0.29) is 17.7 Å². The number of carbonyl (C=O) groups excluding carboxylic acids is 1. The van der Waals surface area contributed by atoms with Crippen LogP contribution in [-0.2, 0) is 9.53 Å². The fourth-order valence-electron chi connectivity index (χ4n) is 2.03. The molecule has 5 nitrogen and oxygen atoms in total. The Kier molecular flexibility index (Phi) is 8.29. The van der Waals surface area contributed by atoms with Gasteiger partial charge < -0.3 is 19.9 Å². The van der Waals surface area contributed by atoms with Crippen LogP contribution in [-0.4, -0.2) is 36.9 Å². The summed E-state index contributed by atoms with van der Waals surface area (Å²) in [5.41, 5.74) is -0.292. The van der Waals surface area contributed by atoms with Crippen molar-refractivity contribution in [1.29, 1.82) is 0 Å². The Morgan fingerprint density at radius 1 is 1.19 bits per heavy atom. The summed E-state index contributed by atoms with van der Waals surface area (Å²) in [7, 11) is 0. The van der Waals surface area contributed by atoms with E-state index in [0.717, 1.165) is 0 Å². The van der Waals surface area contributed by atoms with Crippen LogP contribution in [0.25, 0.3) is 0 Å². The van der Waals surface area contributed by atoms with Crippen molar-refractivity contribution < 1.29 is 36.9 Å². The number of ether oxygens (including phenoxy) is 2. The van der Waals surface area contributed by atoms with Crippen LogP contribution in [0.3, 0.4) is 0 Å². The van der Waals surface area contributed by atoms with E-state index < -0.39 is 43.3 Å². The SMILES string of the molecule is CC(C)(C)[C@@H](O)CC(=O)N[C@@H](COC(F)F)c1cccc(OC(F)F)c1. The molecule has 0 spiro atoms. The number of nitrogens with one attached hydrogen (secondary N) is 1. The first-order valence-corrected chi connectivity index (χ1v) is 7.91. The lowest BCUT2D eigenvalue weighted by Crippen LogP contribution is -2.37. The van der Waals surface area contributed by atoms with Crippen molar-refractivity contribution >= 4 is 5.91 Å². The molecule has 26 heavy (non-hydrogen) atoms. The molecule has 0 aliphatic rings. The smallest absolute Gasteiger partial charge is 0.387 e. The molecule has 0 unspecified atom stereocenters. The lowest BCUT2D eigenvalue weighted by atomic mass is 9.87. The van der Waals surface area contributed by atoms with Crippen LogP contribution < -0.4 is 10.1 Å². The first-order valence-electron chi connectivity index (χ1n) is 7.91. The Hall–Kier alpha value is -1.87. The third-order valence-electron chi connectivity index (χ3n) is 3.59. The van der Waals surface area contributed by atoms with Gasteiger partial charge >= 0.3 is 13.2 Å². The average Bonchev–Trinajstić information content (AvgIpc) is 2.49. The highest BCUT2D eigenvalue weighted by Gasteiger charge is 2.26. The highest BCUT2D eigenvalue weighted by molar-refractivity contribution is 5.77. The molecule has 0 heterocycles. The number of aliphatic hydroxyl groups excluding tert-OH is 1. The minimum Gasteiger partial charge on any atom is -0.435 e. The zero-order valence-electron chi connectivity index (χ0n) is 14.7. The molecule has 0 saturated heterocycles. The van der Waals surface area contributed by atoms with Crippen molar-refractivity contribution in [3.05, 3.63) is 29.8 Å². The van der Waals surface area contributed by atoms with Gasteiger partial charge in [0.2, 0.25) is 5.91 Å². The van der Waals surface area contributed by atoms with E-state index in [1.54, 1.807) is 20.8 Å². The summed E-state index contributed by atoms with van der Waals surface area (Å²) < 4.78 is 57.9. The number of rotatable bonds is 9. The van der Waals surface area contributed by atoms with Gasteiger partial charge in [-0.2, -0.15) is 17.6 Å². The van der Waals surface area contributed by atoms with Gasteiger partial charge in [0.15, 0.2) is 0 Å². The summed E-state index contributed by atoms with van der Waals surface area (Å²) >= 11 is 0. The van der Waals surface area contributed by atoms with E-state index in [4.69, 9.17) is 0 Å². The number of amides is 1. The molecule has 1 amide bonds. The highest BCUT2D eigenvalue weighted by Crippen LogP contribution is 2.24. The number of alkyl halides is 4. The molecule has 148 valence electrons. The second-order valence-electron chi connectivity index (χ2n) is 6.75. The molecule has 1 aromatic rings. The summed E-state index contributed by atoms with van der Waals surface area (Å²) in [6.45, 7) is -1.45. The maximum absolute atomic E-state index is 12.4. The Bertz CT molecular complexity index is 578. The zero-order chi connectivity index (χ0) is 19.9. The number of carbonyl (C=O) groups is 1. The molecule has 1 aromatic carbocycles. The van der Waals surface area contributed by atoms with Crippen LogP contribution in [0.5, 0.6) is 5.75 Å². The van der Waals surface area contributed by atoms with Crippen LogP contribution in [0.2, 0.25) is 0 Å². The van der Waals surface area contributed by atoms with Crippen LogP contribution in [0.1, 0.15) is 38.8 Å². The van der Waals surface area contributed by atoms with Crippen molar-refractivity contribution in [2.45, 2.75) is 52.6 Å². The summed E-state index contributed by atoms with van der Waals surface area (Å²) in [4.78, 5) is 12.1. The lowest BCUT2D eigenvalue weighted by molar-refractivity contribution is -0.140. The highest BCUT2D eigenvalue weighted by atomic mass is 19.3. The van der Waals surface area contributed by atoms with Crippen molar-refractivity contribution in [2.24, 2.45) is 5.41 Å². The molecular formula is C17H23F4NO4. The van der Waals surface area contributed by atoms with Crippen molar-refractivity contribution in [1.82, 2.24) is 5.32 Å². The van der Waals surface area contributed by atoms with Crippen LogP contribution in [0, 0.1) is 5.41 Å². The second kappa shape index (κ2) is 9.72. The number of hydrogen-bond acceptors (Lipinski definition) is 4. The molecule has 2 N–H and O–H groups in total. The zero-order valence-corrected chi connectivity index (χ0v) is 14.7. The largest absolute Gasteiger partial charge is 0.435 e. The fourth-order valence-corrected chi connectivity index (χ4v) is 2.03. The topological polar surface area (TPSA) is 67.8 Å². The van der Waals surface area contributed by atoms with Gasteiger partial charge in [-0.3, -0.25) is 4.79 Å². The van der Waals surface area contributed by atoms with Gasteiger partial charge in [-0.25, -0.2) is 0 Å². The predicted octanol–water partition coefficient (Wildman–Crippen LogP) is 3.48. The Morgan fingerprint density at radius 2 is 1.85 bits per heavy atom. The van der Waals surface area contributed by atoms with Crippen LogP contribution in [0.15, 0.2) is 24.3 Å². The molecule has 0 aromatic heterocycles. The average molecular weight is 381 g/mol. The number of hydrogen-bond donors (Lipinski definition) is 2. The number of benzene rings is 1. The van der Waals surface area contributed by atoms with Gasteiger partial charge in [0, 0.05) is 0 Å². The monoisotopic (exact) mass is 381 g/mol. The summed E-state index contributed by atoms with van der Waals surface area (Å²) in [6, 6.07) is 4.29. The minimum atomic E-state index is -3.06. The predicted molar refractivity (Wildman–Crippen MR) is 86.0 cm³/mol. The Balaban J connectivity index is 2.89. The van der Waals surface area contributed by atoms with Gasteiger partial charge in [0.1, 0.15) is 5.75 Å². The molecule has 0 bridgehead atoms. The molecular weight excluding hydrogens is 358 g/mol. The first kappa shape index (κ1) is 22.2. The molecule has 0 aliphatic heterocycles. The molecule has 0 radical (unpaired) electrons. The van der Waals surface area contributed by atoms with E-state index in [9.17, 15) is 27.5 Å². The number of halogens is 4. The van der Waals surface area contributed by atoms with E-state index in [1.807, 2.05) is 0 Å². The maximum atomic E-state index is 12.4. The summed E-state index contributed by atoms with van der Waals surface area (Å²) in [6.07, 6.45) is -1.20. The van der Waals surface area contributed by atoms with Crippen molar-refractivity contribution in [2.75, 3.05) is 6.61 Å². The fraction of sp³-hybridized carbons (Fsp3) is 0.588. The van der Waals surface area contributed by atoms with E-state index in [0.29, 0.717) is 0 Å². The van der Waals surface area contributed by atoms with Crippen molar-refractivity contribution in [3.63, 3.8) is 0 Å². The van der Waals surface area contributed by atoms with Gasteiger partial charge in [-0.15, -0.1) is 0 Å². The van der Waals surface area contributed by atoms with Crippen molar-refractivity contribution in [3.8, 4) is 5.75 Å². The Morgan fingerprint density at radius 3 is 2.38 bits per heavy atom.